The summed E-state index contributed by atoms with van der Waals surface area (Å²) in [6, 6.07) is 5.36. The van der Waals surface area contributed by atoms with Crippen molar-refractivity contribution in [1.29, 1.82) is 5.26 Å². The van der Waals surface area contributed by atoms with E-state index >= 15 is 0 Å². The number of nitriles is 1. The Kier molecular flexibility index (Phi) is 7.43. The van der Waals surface area contributed by atoms with Gasteiger partial charge in [0.25, 0.3) is 0 Å². The van der Waals surface area contributed by atoms with Crippen LogP contribution in [-0.4, -0.2) is 35.3 Å². The first-order valence-electron chi connectivity index (χ1n) is 6.64. The van der Waals surface area contributed by atoms with Crippen molar-refractivity contribution in [1.82, 2.24) is 15.3 Å². The van der Waals surface area contributed by atoms with E-state index in [9.17, 15) is 4.79 Å². The van der Waals surface area contributed by atoms with Crippen molar-refractivity contribution in [3.8, 4) is 6.07 Å². The lowest BCUT2D eigenvalue weighted by molar-refractivity contribution is 0.201. The number of carbonyl (C=O) groups is 1. The Morgan fingerprint density at radius 1 is 1.65 bits per heavy atom. The summed E-state index contributed by atoms with van der Waals surface area (Å²) in [5.41, 5.74) is 0.802. The third-order valence-corrected chi connectivity index (χ3v) is 2.51. The van der Waals surface area contributed by atoms with Gasteiger partial charge in [-0.05, 0) is 12.5 Å². The number of carbonyl (C=O) groups excluding carboxylic acids is 1. The molecule has 0 spiro atoms. The van der Waals surface area contributed by atoms with Crippen LogP contribution in [0.1, 0.15) is 31.7 Å². The number of amides is 2. The second kappa shape index (κ2) is 9.50. The molecule has 0 bridgehead atoms. The van der Waals surface area contributed by atoms with Crippen LogP contribution in [0, 0.1) is 11.3 Å². The fraction of sp³-hybridized carbons (Fsp3) is 0.429. The van der Waals surface area contributed by atoms with Gasteiger partial charge in [-0.1, -0.05) is 19.4 Å². The normalized spacial score (nSPS) is 10.2. The molecule has 20 heavy (non-hydrogen) atoms. The van der Waals surface area contributed by atoms with Gasteiger partial charge >= 0.3 is 6.03 Å². The molecule has 0 atom stereocenters. The highest BCUT2D eigenvalue weighted by molar-refractivity contribution is 5.81. The molecular weight excluding hydrogens is 254 g/mol. The molecule has 0 aromatic carbocycles. The number of urea groups is 1. The minimum Gasteiger partial charge on any atom is -0.336 e. The second-order valence-electron chi connectivity index (χ2n) is 4.15. The van der Waals surface area contributed by atoms with Crippen LogP contribution in [0.2, 0.25) is 0 Å². The van der Waals surface area contributed by atoms with Crippen LogP contribution in [0.25, 0.3) is 0 Å². The molecule has 1 aromatic rings. The zero-order valence-corrected chi connectivity index (χ0v) is 11.6. The number of aromatic nitrogens is 1. The predicted molar refractivity (Wildman–Crippen MR) is 77.1 cm³/mol. The Balaban J connectivity index is 2.61. The molecular formula is C14H19N5O. The van der Waals surface area contributed by atoms with Gasteiger partial charge < -0.3 is 5.32 Å². The van der Waals surface area contributed by atoms with Crippen LogP contribution in [0.3, 0.4) is 0 Å². The number of hydrogen-bond donors (Lipinski definition) is 1. The first kappa shape index (κ1) is 15.6. The fourth-order valence-corrected chi connectivity index (χ4v) is 1.42. The van der Waals surface area contributed by atoms with E-state index in [1.54, 1.807) is 24.7 Å². The van der Waals surface area contributed by atoms with Crippen LogP contribution in [0.5, 0.6) is 0 Å². The van der Waals surface area contributed by atoms with Crippen molar-refractivity contribution in [3.05, 3.63) is 30.1 Å². The molecule has 1 heterocycles. The van der Waals surface area contributed by atoms with E-state index in [0.717, 1.165) is 18.4 Å². The first-order valence-corrected chi connectivity index (χ1v) is 6.64. The summed E-state index contributed by atoms with van der Waals surface area (Å²) in [4.78, 5) is 15.9. The Morgan fingerprint density at radius 2 is 2.50 bits per heavy atom. The quantitative estimate of drug-likeness (QED) is 0.469. The molecule has 1 N–H and O–H groups in total. The number of unbranched alkanes of at least 4 members (excludes halogenated alkanes) is 1. The second-order valence-corrected chi connectivity index (χ2v) is 4.15. The maximum atomic E-state index is 11.9. The van der Waals surface area contributed by atoms with E-state index in [2.05, 4.69) is 22.3 Å². The van der Waals surface area contributed by atoms with Gasteiger partial charge in [0.15, 0.2) is 0 Å². The Morgan fingerprint density at radius 3 is 3.15 bits per heavy atom. The fourth-order valence-electron chi connectivity index (χ4n) is 1.42. The molecule has 0 aliphatic heterocycles. The molecule has 1 aromatic heterocycles. The van der Waals surface area contributed by atoms with Gasteiger partial charge in [0.2, 0.25) is 0 Å². The number of pyridine rings is 1. The van der Waals surface area contributed by atoms with Crippen LogP contribution in [-0.2, 0) is 0 Å². The summed E-state index contributed by atoms with van der Waals surface area (Å²) < 4.78 is 0. The van der Waals surface area contributed by atoms with Gasteiger partial charge in [0.05, 0.1) is 25.2 Å². The van der Waals surface area contributed by atoms with Gasteiger partial charge in [0, 0.05) is 24.5 Å². The minimum atomic E-state index is -0.283. The maximum Gasteiger partial charge on any atom is 0.337 e. The summed E-state index contributed by atoms with van der Waals surface area (Å²) in [6.45, 7) is 2.94. The van der Waals surface area contributed by atoms with Crippen molar-refractivity contribution < 1.29 is 4.79 Å². The van der Waals surface area contributed by atoms with E-state index in [4.69, 9.17) is 5.26 Å². The van der Waals surface area contributed by atoms with Crippen molar-refractivity contribution in [2.75, 3.05) is 13.1 Å². The summed E-state index contributed by atoms with van der Waals surface area (Å²) in [5.74, 6) is 0. The molecule has 6 nitrogen and oxygen atoms in total. The van der Waals surface area contributed by atoms with Gasteiger partial charge in [0.1, 0.15) is 0 Å². The minimum absolute atomic E-state index is 0.242. The molecule has 0 radical (unpaired) electrons. The summed E-state index contributed by atoms with van der Waals surface area (Å²) in [7, 11) is 0. The Bertz CT molecular complexity index is 466. The SMILES string of the molecule is CCCCNC(=O)N(CCC#N)/N=C/c1cccnc1. The molecule has 2 amide bonds. The smallest absolute Gasteiger partial charge is 0.336 e. The van der Waals surface area contributed by atoms with Crippen molar-refractivity contribution in [2.24, 2.45) is 5.10 Å². The Hall–Kier alpha value is -2.42. The molecule has 0 saturated carbocycles. The molecule has 0 fully saturated rings. The van der Waals surface area contributed by atoms with E-state index < -0.39 is 0 Å². The van der Waals surface area contributed by atoms with E-state index in [-0.39, 0.29) is 19.0 Å². The molecule has 0 unspecified atom stereocenters. The van der Waals surface area contributed by atoms with Gasteiger partial charge in [-0.2, -0.15) is 10.4 Å². The van der Waals surface area contributed by atoms with Crippen LogP contribution in [0.4, 0.5) is 4.79 Å². The highest BCUT2D eigenvalue weighted by Gasteiger charge is 2.10. The van der Waals surface area contributed by atoms with Crippen molar-refractivity contribution in [2.45, 2.75) is 26.2 Å². The standard InChI is InChI=1S/C14H19N5O/c1-2-3-9-17-14(20)19(10-5-7-15)18-12-13-6-4-8-16-11-13/h4,6,8,11-12H,2-3,5,9-10H2,1H3,(H,17,20)/b18-12+. The number of rotatable bonds is 7. The molecule has 1 rings (SSSR count). The topological polar surface area (TPSA) is 81.4 Å². The lowest BCUT2D eigenvalue weighted by Gasteiger charge is -2.16. The molecule has 0 saturated heterocycles. The number of nitrogens with one attached hydrogen (secondary N) is 1. The van der Waals surface area contributed by atoms with Crippen LogP contribution < -0.4 is 5.32 Å². The number of hydrogen-bond acceptors (Lipinski definition) is 4. The van der Waals surface area contributed by atoms with Crippen LogP contribution >= 0.6 is 0 Å². The predicted octanol–water partition coefficient (Wildman–Crippen LogP) is 2.14. The van der Waals surface area contributed by atoms with Crippen molar-refractivity contribution in [3.63, 3.8) is 0 Å². The Labute approximate surface area is 119 Å². The molecule has 6 heteroatoms. The van der Waals surface area contributed by atoms with Gasteiger partial charge in [-0.25, -0.2) is 9.80 Å². The monoisotopic (exact) mass is 273 g/mol. The molecule has 0 aliphatic rings. The molecule has 0 aliphatic carbocycles. The lowest BCUT2D eigenvalue weighted by atomic mass is 10.3. The van der Waals surface area contributed by atoms with Crippen molar-refractivity contribution >= 4 is 12.2 Å². The average molecular weight is 273 g/mol. The summed E-state index contributed by atoms with van der Waals surface area (Å²) in [5, 5.41) is 16.8. The summed E-state index contributed by atoms with van der Waals surface area (Å²) in [6.07, 6.45) is 7.06. The highest BCUT2D eigenvalue weighted by atomic mass is 16.2. The molecule has 106 valence electrons. The third kappa shape index (κ3) is 5.96. The van der Waals surface area contributed by atoms with Gasteiger partial charge in [-0.3, -0.25) is 4.98 Å². The first-order chi connectivity index (χ1) is 9.77. The number of hydrazone groups is 1. The zero-order chi connectivity index (χ0) is 14.6. The third-order valence-electron chi connectivity index (χ3n) is 2.51. The highest BCUT2D eigenvalue weighted by Crippen LogP contribution is 1.97. The lowest BCUT2D eigenvalue weighted by Crippen LogP contribution is -2.37. The van der Waals surface area contributed by atoms with E-state index in [1.165, 1.54) is 5.01 Å². The number of nitrogens with zero attached hydrogens (tertiary/aromatic N) is 4. The largest absolute Gasteiger partial charge is 0.337 e. The maximum absolute atomic E-state index is 11.9. The zero-order valence-electron chi connectivity index (χ0n) is 11.6. The van der Waals surface area contributed by atoms with E-state index in [0.29, 0.717) is 6.54 Å². The summed E-state index contributed by atoms with van der Waals surface area (Å²) >= 11 is 0. The van der Waals surface area contributed by atoms with E-state index in [1.807, 2.05) is 12.1 Å². The average Bonchev–Trinajstić information content (AvgIpc) is 2.48. The van der Waals surface area contributed by atoms with Crippen LogP contribution in [0.15, 0.2) is 29.6 Å². The van der Waals surface area contributed by atoms with Gasteiger partial charge in [-0.15, -0.1) is 0 Å².